The van der Waals surface area contributed by atoms with Crippen LogP contribution in [-0.4, -0.2) is 111 Å². The van der Waals surface area contributed by atoms with E-state index in [9.17, 15) is 28.8 Å². The number of carboxylic acid groups (broad SMARTS) is 3. The fraction of sp³-hybridized carbons (Fsp3) is 0.455. The molecule has 1 atom stereocenters. The van der Waals surface area contributed by atoms with Crippen LogP contribution >= 0.6 is 0 Å². The standard InChI is InChI=1S/C27H31N3O3.C6H8O7/c1-28(2)26(33)23-17-20-8-4-6-10-22(20)30(23)25(32)11-14-29-15-12-27(13-16-29)21-9-5-3-7-19(21)18-24(27)31;7-3(8)1-6(13,5(11)12)2-4(9)10/h3-10,23H,11-18H2,1-2H3;13H,1-2H2,(H,7,8)(H,9,10)(H,11,12)/t23-;/m0./s1. The lowest BCUT2D eigenvalue weighted by molar-refractivity contribution is -0.170. The van der Waals surface area contributed by atoms with E-state index in [0.717, 1.165) is 37.2 Å². The monoisotopic (exact) mass is 637 g/mol. The number of carbonyl (C=O) groups excluding carboxylic acids is 3. The van der Waals surface area contributed by atoms with Crippen LogP contribution in [0, 0.1) is 0 Å². The average Bonchev–Trinajstić information content (AvgIpc) is 3.51. The van der Waals surface area contributed by atoms with E-state index in [1.165, 1.54) is 11.1 Å². The van der Waals surface area contributed by atoms with Gasteiger partial charge < -0.3 is 30.2 Å². The summed E-state index contributed by atoms with van der Waals surface area (Å²) in [6.07, 6.45) is 0.806. The first kappa shape index (κ1) is 34.3. The lowest BCUT2D eigenvalue weighted by Gasteiger charge is -2.39. The summed E-state index contributed by atoms with van der Waals surface area (Å²) in [5.41, 5.74) is 1.21. The number of amides is 2. The number of aliphatic carboxylic acids is 3. The molecule has 3 aliphatic rings. The number of fused-ring (bicyclic) bond motifs is 3. The Labute approximate surface area is 266 Å². The Hall–Kier alpha value is -4.62. The molecule has 13 heteroatoms. The molecule has 1 fully saturated rings. The third-order valence-electron chi connectivity index (χ3n) is 9.03. The quantitative estimate of drug-likeness (QED) is 0.310. The summed E-state index contributed by atoms with van der Waals surface area (Å²) in [6.45, 7) is 2.26. The molecule has 246 valence electrons. The van der Waals surface area contributed by atoms with Gasteiger partial charge in [-0.05, 0) is 48.7 Å². The number of rotatable bonds is 9. The maximum Gasteiger partial charge on any atom is 0.336 e. The molecular weight excluding hydrogens is 598 g/mol. The maximum absolute atomic E-state index is 13.3. The lowest BCUT2D eigenvalue weighted by Crippen LogP contribution is -2.49. The number of ketones is 1. The second-order valence-electron chi connectivity index (χ2n) is 12.3. The first-order chi connectivity index (χ1) is 21.7. The third kappa shape index (κ3) is 7.10. The largest absolute Gasteiger partial charge is 0.481 e. The van der Waals surface area contributed by atoms with Crippen molar-refractivity contribution in [3.05, 3.63) is 65.2 Å². The number of carbonyl (C=O) groups is 6. The van der Waals surface area contributed by atoms with Gasteiger partial charge in [0.1, 0.15) is 11.8 Å². The van der Waals surface area contributed by atoms with E-state index >= 15 is 0 Å². The molecule has 13 nitrogen and oxygen atoms in total. The molecule has 2 heterocycles. The Balaban J connectivity index is 0.000000315. The van der Waals surface area contributed by atoms with E-state index in [2.05, 4.69) is 17.0 Å². The van der Waals surface area contributed by atoms with E-state index in [1.807, 2.05) is 36.4 Å². The minimum Gasteiger partial charge on any atom is -0.481 e. The Morgan fingerprint density at radius 1 is 0.891 bits per heavy atom. The molecule has 2 aromatic carbocycles. The molecule has 1 spiro atoms. The molecule has 0 unspecified atom stereocenters. The number of hydrogen-bond donors (Lipinski definition) is 4. The zero-order valence-corrected chi connectivity index (χ0v) is 25.8. The number of benzene rings is 2. The van der Waals surface area contributed by atoms with E-state index in [-0.39, 0.29) is 17.2 Å². The van der Waals surface area contributed by atoms with Crippen LogP contribution in [0.1, 0.15) is 48.8 Å². The number of para-hydroxylation sites is 1. The zero-order chi connectivity index (χ0) is 33.8. The number of carboxylic acids is 3. The Morgan fingerprint density at radius 2 is 1.46 bits per heavy atom. The van der Waals surface area contributed by atoms with Crippen molar-refractivity contribution in [3.63, 3.8) is 0 Å². The molecule has 0 radical (unpaired) electrons. The number of anilines is 1. The smallest absolute Gasteiger partial charge is 0.336 e. The van der Waals surface area contributed by atoms with E-state index in [4.69, 9.17) is 20.4 Å². The van der Waals surface area contributed by atoms with Crippen molar-refractivity contribution in [1.29, 1.82) is 0 Å². The summed E-state index contributed by atoms with van der Waals surface area (Å²) < 4.78 is 0. The predicted molar refractivity (Wildman–Crippen MR) is 164 cm³/mol. The first-order valence-electron chi connectivity index (χ1n) is 15.0. The number of Topliss-reactive ketones (excluding diaryl/α,β-unsaturated/α-hetero) is 1. The Morgan fingerprint density at radius 3 is 2.02 bits per heavy atom. The summed E-state index contributed by atoms with van der Waals surface area (Å²) in [4.78, 5) is 75.1. The number of hydrogen-bond acceptors (Lipinski definition) is 8. The topological polar surface area (TPSA) is 193 Å². The van der Waals surface area contributed by atoms with Gasteiger partial charge in [-0.15, -0.1) is 0 Å². The predicted octanol–water partition coefficient (Wildman–Crippen LogP) is 1.33. The van der Waals surface area contributed by atoms with Crippen molar-refractivity contribution in [2.24, 2.45) is 0 Å². The van der Waals surface area contributed by atoms with Crippen molar-refractivity contribution in [2.45, 2.75) is 62.0 Å². The van der Waals surface area contributed by atoms with Gasteiger partial charge in [0, 0.05) is 45.6 Å². The summed E-state index contributed by atoms with van der Waals surface area (Å²) in [7, 11) is 3.47. The van der Waals surface area contributed by atoms with E-state index < -0.39 is 42.4 Å². The summed E-state index contributed by atoms with van der Waals surface area (Å²) in [6, 6.07) is 15.6. The number of aliphatic hydroxyl groups is 1. The van der Waals surface area contributed by atoms with Crippen molar-refractivity contribution >= 4 is 41.2 Å². The van der Waals surface area contributed by atoms with Crippen LogP contribution in [0.3, 0.4) is 0 Å². The molecule has 2 aliphatic heterocycles. The third-order valence-corrected chi connectivity index (χ3v) is 9.03. The molecule has 5 rings (SSSR count). The Bertz CT molecular complexity index is 1510. The lowest BCUT2D eigenvalue weighted by atomic mass is 9.73. The minimum atomic E-state index is -2.74. The summed E-state index contributed by atoms with van der Waals surface area (Å²) in [5, 5.41) is 33.8. The number of nitrogens with zero attached hydrogens (tertiary/aromatic N) is 3. The van der Waals surface area contributed by atoms with Crippen LogP contribution in [0.5, 0.6) is 0 Å². The van der Waals surface area contributed by atoms with E-state index in [0.29, 0.717) is 31.6 Å². The second kappa shape index (κ2) is 13.8. The van der Waals surface area contributed by atoms with Gasteiger partial charge in [0.15, 0.2) is 5.60 Å². The molecule has 0 saturated carbocycles. The molecule has 46 heavy (non-hydrogen) atoms. The number of likely N-dealkylation sites (N-methyl/N-ethyl adjacent to an activating group) is 1. The zero-order valence-electron chi connectivity index (χ0n) is 25.8. The molecule has 1 saturated heterocycles. The van der Waals surface area contributed by atoms with E-state index in [1.54, 1.807) is 23.9 Å². The second-order valence-corrected chi connectivity index (χ2v) is 12.3. The number of likely N-dealkylation sites (tertiary alicyclic amines) is 1. The highest BCUT2D eigenvalue weighted by Crippen LogP contribution is 2.44. The van der Waals surface area contributed by atoms with Gasteiger partial charge in [0.05, 0.1) is 18.3 Å². The average molecular weight is 638 g/mol. The molecule has 1 aliphatic carbocycles. The molecule has 2 aromatic rings. The van der Waals surface area contributed by atoms with Crippen LogP contribution < -0.4 is 4.90 Å². The fourth-order valence-corrected chi connectivity index (χ4v) is 6.62. The van der Waals surface area contributed by atoms with Crippen LogP contribution in [0.4, 0.5) is 5.69 Å². The summed E-state index contributed by atoms with van der Waals surface area (Å²) >= 11 is 0. The van der Waals surface area contributed by atoms with Crippen molar-refractivity contribution < 1.29 is 49.2 Å². The molecule has 0 bridgehead atoms. The van der Waals surface area contributed by atoms with Gasteiger partial charge in [0.2, 0.25) is 11.8 Å². The molecule has 4 N–H and O–H groups in total. The van der Waals surface area contributed by atoms with Crippen molar-refractivity contribution in [3.8, 4) is 0 Å². The van der Waals surface area contributed by atoms with Gasteiger partial charge in [-0.2, -0.15) is 0 Å². The number of piperidine rings is 1. The molecule has 0 aromatic heterocycles. The van der Waals surface area contributed by atoms with Gasteiger partial charge in [-0.3, -0.25) is 28.9 Å². The normalized spacial score (nSPS) is 18.3. The SMILES string of the molecule is CN(C)C(=O)[C@@H]1Cc2ccccc2N1C(=O)CCN1CCC2(CC1)C(=O)Cc1ccccc12.O=C(O)CC(O)(CC(=O)O)C(=O)O. The van der Waals surface area contributed by atoms with Gasteiger partial charge in [-0.25, -0.2) is 4.79 Å². The first-order valence-corrected chi connectivity index (χ1v) is 15.0. The Kier molecular flexibility index (Phi) is 10.3. The van der Waals surface area contributed by atoms with Crippen LogP contribution in [0.15, 0.2) is 48.5 Å². The highest BCUT2D eigenvalue weighted by molar-refractivity contribution is 6.03. The maximum atomic E-state index is 13.3. The van der Waals surface area contributed by atoms with Crippen LogP contribution in [-0.2, 0) is 47.0 Å². The highest BCUT2D eigenvalue weighted by Gasteiger charge is 2.47. The van der Waals surface area contributed by atoms with Crippen LogP contribution in [0.25, 0.3) is 0 Å². The highest BCUT2D eigenvalue weighted by atomic mass is 16.4. The molecular formula is C33H39N3O10. The summed E-state index contributed by atoms with van der Waals surface area (Å²) in [5.74, 6) is -4.73. The van der Waals surface area contributed by atoms with Crippen molar-refractivity contribution in [1.82, 2.24) is 9.80 Å². The fourth-order valence-electron chi connectivity index (χ4n) is 6.62. The molecule has 2 amide bonds. The van der Waals surface area contributed by atoms with Gasteiger partial charge in [-0.1, -0.05) is 42.5 Å². The minimum absolute atomic E-state index is 0.0114. The van der Waals surface area contributed by atoms with Crippen LogP contribution in [0.2, 0.25) is 0 Å². The van der Waals surface area contributed by atoms with Gasteiger partial charge in [0.25, 0.3) is 0 Å². The van der Waals surface area contributed by atoms with Crippen molar-refractivity contribution in [2.75, 3.05) is 38.6 Å². The van der Waals surface area contributed by atoms with Gasteiger partial charge >= 0.3 is 17.9 Å².